The topological polar surface area (TPSA) is 66.5 Å². The van der Waals surface area contributed by atoms with Crippen molar-refractivity contribution < 1.29 is 14.4 Å². The summed E-state index contributed by atoms with van der Waals surface area (Å²) >= 11 is 1.40. The molecule has 5 nitrogen and oxygen atoms in total. The van der Waals surface area contributed by atoms with Crippen LogP contribution >= 0.6 is 11.8 Å². The van der Waals surface area contributed by atoms with Crippen molar-refractivity contribution in [1.29, 1.82) is 0 Å². The van der Waals surface area contributed by atoms with Crippen molar-refractivity contribution in [1.82, 2.24) is 0 Å². The lowest BCUT2D eigenvalue weighted by Crippen LogP contribution is -2.31. The number of benzene rings is 2. The predicted octanol–water partition coefficient (Wildman–Crippen LogP) is 4.94. The molecule has 1 unspecified atom stereocenters. The predicted molar refractivity (Wildman–Crippen MR) is 120 cm³/mol. The molecular formula is C24H26N2O3S. The minimum absolute atomic E-state index is 0.0976. The number of amides is 3. The fourth-order valence-electron chi connectivity index (χ4n) is 4.05. The molecule has 1 N–H and O–H groups in total. The Bertz CT molecular complexity index is 934. The Kier molecular flexibility index (Phi) is 6.23. The summed E-state index contributed by atoms with van der Waals surface area (Å²) in [7, 11) is 0. The lowest BCUT2D eigenvalue weighted by molar-refractivity contribution is -0.122. The summed E-state index contributed by atoms with van der Waals surface area (Å²) < 4.78 is 0. The van der Waals surface area contributed by atoms with Gasteiger partial charge in [-0.3, -0.25) is 14.4 Å². The van der Waals surface area contributed by atoms with Gasteiger partial charge in [0.25, 0.3) is 0 Å². The maximum absolute atomic E-state index is 12.8. The Hall–Kier alpha value is -2.60. The van der Waals surface area contributed by atoms with Gasteiger partial charge in [-0.05, 0) is 56.2 Å². The Morgan fingerprint density at radius 1 is 0.967 bits per heavy atom. The second-order valence-electron chi connectivity index (χ2n) is 8.06. The SMILES string of the molecule is Cc1ccc(N2C(=O)CC(Sc3ccc(NC(=O)C4CCCCC4)cc3)C2=O)cc1. The van der Waals surface area contributed by atoms with Crippen LogP contribution < -0.4 is 10.2 Å². The highest BCUT2D eigenvalue weighted by Gasteiger charge is 2.40. The molecule has 1 saturated carbocycles. The van der Waals surface area contributed by atoms with Crippen molar-refractivity contribution >= 4 is 40.9 Å². The van der Waals surface area contributed by atoms with Gasteiger partial charge >= 0.3 is 0 Å². The molecule has 2 aromatic carbocycles. The molecule has 4 rings (SSSR count). The van der Waals surface area contributed by atoms with E-state index in [2.05, 4.69) is 5.32 Å². The molecule has 156 valence electrons. The van der Waals surface area contributed by atoms with E-state index < -0.39 is 5.25 Å². The van der Waals surface area contributed by atoms with Gasteiger partial charge in [-0.15, -0.1) is 11.8 Å². The van der Waals surface area contributed by atoms with Crippen LogP contribution in [-0.2, 0) is 14.4 Å². The van der Waals surface area contributed by atoms with Crippen molar-refractivity contribution in [3.05, 3.63) is 54.1 Å². The zero-order valence-corrected chi connectivity index (χ0v) is 17.9. The van der Waals surface area contributed by atoms with Crippen LogP contribution in [-0.4, -0.2) is 23.0 Å². The summed E-state index contributed by atoms with van der Waals surface area (Å²) in [4.78, 5) is 39.9. The molecule has 0 aromatic heterocycles. The lowest BCUT2D eigenvalue weighted by Gasteiger charge is -2.20. The molecule has 2 aliphatic rings. The van der Waals surface area contributed by atoms with E-state index in [4.69, 9.17) is 0 Å². The third kappa shape index (κ3) is 4.59. The number of nitrogens with zero attached hydrogens (tertiary/aromatic N) is 1. The molecule has 30 heavy (non-hydrogen) atoms. The van der Waals surface area contributed by atoms with Crippen LogP contribution in [0.3, 0.4) is 0 Å². The van der Waals surface area contributed by atoms with Crippen LogP contribution in [0, 0.1) is 12.8 Å². The number of thioether (sulfide) groups is 1. The quantitative estimate of drug-likeness (QED) is 0.693. The average Bonchev–Trinajstić information content (AvgIpc) is 3.04. The number of carbonyl (C=O) groups is 3. The van der Waals surface area contributed by atoms with Gasteiger partial charge in [0.2, 0.25) is 17.7 Å². The van der Waals surface area contributed by atoms with Gasteiger partial charge in [0, 0.05) is 22.9 Å². The van der Waals surface area contributed by atoms with Gasteiger partial charge in [0.15, 0.2) is 0 Å². The molecule has 0 bridgehead atoms. The van der Waals surface area contributed by atoms with E-state index in [0.717, 1.165) is 41.8 Å². The van der Waals surface area contributed by atoms with Gasteiger partial charge in [0.05, 0.1) is 10.9 Å². The van der Waals surface area contributed by atoms with E-state index in [1.54, 1.807) is 0 Å². The fourth-order valence-corrected chi connectivity index (χ4v) is 5.11. The average molecular weight is 423 g/mol. The molecule has 1 heterocycles. The molecule has 0 spiro atoms. The van der Waals surface area contributed by atoms with Gasteiger partial charge in [0.1, 0.15) is 0 Å². The number of nitrogens with one attached hydrogen (secondary N) is 1. The summed E-state index contributed by atoms with van der Waals surface area (Å²) in [6.07, 6.45) is 5.60. The van der Waals surface area contributed by atoms with Crippen molar-refractivity contribution in [3.63, 3.8) is 0 Å². The zero-order chi connectivity index (χ0) is 21.1. The van der Waals surface area contributed by atoms with E-state index in [9.17, 15) is 14.4 Å². The first-order valence-corrected chi connectivity index (χ1v) is 11.4. The first-order chi connectivity index (χ1) is 14.5. The zero-order valence-electron chi connectivity index (χ0n) is 17.1. The lowest BCUT2D eigenvalue weighted by atomic mass is 9.88. The van der Waals surface area contributed by atoms with Crippen molar-refractivity contribution in [2.45, 2.75) is 55.6 Å². The first kappa shape index (κ1) is 20.7. The van der Waals surface area contributed by atoms with Crippen molar-refractivity contribution in [3.8, 4) is 0 Å². The number of aryl methyl sites for hydroxylation is 1. The van der Waals surface area contributed by atoms with E-state index in [1.165, 1.54) is 23.1 Å². The molecule has 1 atom stereocenters. The minimum Gasteiger partial charge on any atom is -0.326 e. The number of carbonyl (C=O) groups excluding carboxylic acids is 3. The number of hydrogen-bond donors (Lipinski definition) is 1. The van der Waals surface area contributed by atoms with Crippen LogP contribution in [0.25, 0.3) is 0 Å². The maximum Gasteiger partial charge on any atom is 0.247 e. The second-order valence-corrected chi connectivity index (χ2v) is 9.34. The van der Waals surface area contributed by atoms with Crippen LogP contribution in [0.1, 0.15) is 44.1 Å². The largest absolute Gasteiger partial charge is 0.326 e. The summed E-state index contributed by atoms with van der Waals surface area (Å²) in [5.41, 5.74) is 2.48. The first-order valence-electron chi connectivity index (χ1n) is 10.5. The Morgan fingerprint density at radius 2 is 1.63 bits per heavy atom. The number of hydrogen-bond acceptors (Lipinski definition) is 4. The van der Waals surface area contributed by atoms with Crippen molar-refractivity contribution in [2.24, 2.45) is 5.92 Å². The maximum atomic E-state index is 12.8. The monoisotopic (exact) mass is 422 g/mol. The number of anilines is 2. The Labute approximate surface area is 181 Å². The van der Waals surface area contributed by atoms with Gasteiger partial charge in [-0.2, -0.15) is 0 Å². The Balaban J connectivity index is 1.37. The van der Waals surface area contributed by atoms with E-state index >= 15 is 0 Å². The molecule has 6 heteroatoms. The third-order valence-corrected chi connectivity index (χ3v) is 6.97. The standard InChI is InChI=1S/C24H26N2O3S/c1-16-7-11-19(12-8-16)26-22(27)15-21(24(26)29)30-20-13-9-18(10-14-20)25-23(28)17-5-3-2-4-6-17/h7-14,17,21H,2-6,15H2,1H3,(H,25,28). The summed E-state index contributed by atoms with van der Waals surface area (Å²) in [6, 6.07) is 14.9. The summed E-state index contributed by atoms with van der Waals surface area (Å²) in [5.74, 6) is -0.135. The second kappa shape index (κ2) is 9.04. The smallest absolute Gasteiger partial charge is 0.247 e. The molecule has 2 fully saturated rings. The minimum atomic E-state index is -0.429. The highest BCUT2D eigenvalue weighted by atomic mass is 32.2. The highest BCUT2D eigenvalue weighted by molar-refractivity contribution is 8.00. The molecule has 0 radical (unpaired) electrons. The van der Waals surface area contributed by atoms with Gasteiger partial charge in [-0.1, -0.05) is 37.0 Å². The number of imide groups is 1. The third-order valence-electron chi connectivity index (χ3n) is 5.77. The molecule has 1 saturated heterocycles. The fraction of sp³-hybridized carbons (Fsp3) is 0.375. The summed E-state index contributed by atoms with van der Waals surface area (Å²) in [6.45, 7) is 1.97. The molecule has 3 amide bonds. The normalized spacial score (nSPS) is 19.9. The van der Waals surface area contributed by atoms with Crippen LogP contribution in [0.5, 0.6) is 0 Å². The molecule has 2 aromatic rings. The van der Waals surface area contributed by atoms with Crippen molar-refractivity contribution in [2.75, 3.05) is 10.2 Å². The van der Waals surface area contributed by atoms with E-state index in [-0.39, 0.29) is 30.1 Å². The highest BCUT2D eigenvalue weighted by Crippen LogP contribution is 2.34. The number of rotatable bonds is 5. The molecule has 1 aliphatic carbocycles. The van der Waals surface area contributed by atoms with E-state index in [0.29, 0.717) is 5.69 Å². The van der Waals surface area contributed by atoms with Crippen LogP contribution in [0.2, 0.25) is 0 Å². The molecular weight excluding hydrogens is 396 g/mol. The Morgan fingerprint density at radius 3 is 2.30 bits per heavy atom. The van der Waals surface area contributed by atoms with Crippen LogP contribution in [0.15, 0.2) is 53.4 Å². The van der Waals surface area contributed by atoms with Crippen LogP contribution in [0.4, 0.5) is 11.4 Å². The van der Waals surface area contributed by atoms with E-state index in [1.807, 2.05) is 55.5 Å². The summed E-state index contributed by atoms with van der Waals surface area (Å²) in [5, 5.41) is 2.57. The van der Waals surface area contributed by atoms with Gasteiger partial charge < -0.3 is 5.32 Å². The van der Waals surface area contributed by atoms with Gasteiger partial charge in [-0.25, -0.2) is 4.90 Å². The molecule has 1 aliphatic heterocycles.